The lowest BCUT2D eigenvalue weighted by atomic mass is 10.0. The van der Waals surface area contributed by atoms with Gasteiger partial charge in [-0.25, -0.2) is 9.38 Å². The van der Waals surface area contributed by atoms with Crippen LogP contribution in [0.25, 0.3) is 0 Å². The highest BCUT2D eigenvalue weighted by molar-refractivity contribution is 6.31. The van der Waals surface area contributed by atoms with Crippen molar-refractivity contribution in [1.82, 2.24) is 4.90 Å². The molecule has 0 bridgehead atoms. The van der Waals surface area contributed by atoms with Gasteiger partial charge in [-0.15, -0.1) is 0 Å². The molecule has 0 aliphatic carbocycles. The summed E-state index contributed by atoms with van der Waals surface area (Å²) >= 11 is 0. The lowest BCUT2D eigenvalue weighted by Gasteiger charge is -2.22. The van der Waals surface area contributed by atoms with Gasteiger partial charge in [-0.2, -0.15) is 0 Å². The van der Waals surface area contributed by atoms with Gasteiger partial charge >= 0.3 is 0 Å². The Morgan fingerprint density at radius 3 is 2.76 bits per heavy atom. The number of hydrogen-bond donors (Lipinski definition) is 1. The summed E-state index contributed by atoms with van der Waals surface area (Å²) in [6, 6.07) is 6.12. The first-order chi connectivity index (χ1) is 8.17. The molecule has 2 aliphatic rings. The van der Waals surface area contributed by atoms with Crippen molar-refractivity contribution in [2.45, 2.75) is 5.66 Å². The van der Waals surface area contributed by atoms with Gasteiger partial charge < -0.3 is 10.6 Å². The first-order valence-electron chi connectivity index (χ1n) is 5.29. The Hall–Kier alpha value is -2.01. The highest BCUT2D eigenvalue weighted by atomic mass is 19.1. The molecule has 2 N–H and O–H groups in total. The van der Waals surface area contributed by atoms with Crippen LogP contribution in [-0.4, -0.2) is 23.5 Å². The van der Waals surface area contributed by atoms with Crippen LogP contribution in [-0.2, 0) is 5.66 Å². The summed E-state index contributed by atoms with van der Waals surface area (Å²) in [5.74, 6) is 0.460. The maximum atomic E-state index is 12.9. The number of rotatable bonds is 1. The largest absolute Gasteiger partial charge is 0.326 e. The van der Waals surface area contributed by atoms with Crippen molar-refractivity contribution in [1.29, 1.82) is 0 Å². The number of nitrogens with two attached hydrogens (primary N) is 1. The Morgan fingerprint density at radius 2 is 2.06 bits per heavy atom. The molecule has 2 heterocycles. The van der Waals surface area contributed by atoms with Crippen LogP contribution in [0.5, 0.6) is 0 Å². The summed E-state index contributed by atoms with van der Waals surface area (Å²) in [7, 11) is 0. The Balaban J connectivity index is 1.99. The molecule has 1 atom stereocenters. The summed E-state index contributed by atoms with van der Waals surface area (Å²) in [6.07, 6.45) is 5.19. The van der Waals surface area contributed by atoms with Crippen molar-refractivity contribution in [3.05, 3.63) is 48.0 Å². The fourth-order valence-corrected chi connectivity index (χ4v) is 2.00. The molecular weight excluding hydrogens is 219 g/mol. The van der Waals surface area contributed by atoms with E-state index >= 15 is 0 Å². The standard InChI is InChI=1S/C12H11FN4/c13-10-3-1-9(2-4-10)12(14)8-17-6-5-15-7-11(17)16-12/h1-7H,8,14H2. The quantitative estimate of drug-likeness (QED) is 0.788. The first kappa shape index (κ1) is 10.2. The van der Waals surface area contributed by atoms with Gasteiger partial charge in [0.25, 0.3) is 0 Å². The van der Waals surface area contributed by atoms with Crippen molar-refractivity contribution in [3.63, 3.8) is 0 Å². The van der Waals surface area contributed by atoms with Gasteiger partial charge in [0.05, 0.1) is 12.8 Å². The van der Waals surface area contributed by atoms with E-state index in [1.54, 1.807) is 24.5 Å². The van der Waals surface area contributed by atoms with E-state index in [0.717, 1.165) is 11.4 Å². The van der Waals surface area contributed by atoms with E-state index in [-0.39, 0.29) is 5.82 Å². The van der Waals surface area contributed by atoms with Crippen LogP contribution in [0.3, 0.4) is 0 Å². The van der Waals surface area contributed by atoms with E-state index in [0.29, 0.717) is 6.54 Å². The van der Waals surface area contributed by atoms with Gasteiger partial charge in [0, 0.05) is 12.4 Å². The van der Waals surface area contributed by atoms with Crippen molar-refractivity contribution in [2.24, 2.45) is 15.7 Å². The zero-order valence-electron chi connectivity index (χ0n) is 9.05. The molecule has 0 spiro atoms. The fourth-order valence-electron chi connectivity index (χ4n) is 2.00. The molecule has 0 saturated carbocycles. The van der Waals surface area contributed by atoms with Crippen LogP contribution in [0.15, 0.2) is 46.7 Å². The second kappa shape index (κ2) is 3.49. The van der Waals surface area contributed by atoms with Crippen molar-refractivity contribution in [2.75, 3.05) is 6.54 Å². The van der Waals surface area contributed by atoms with Gasteiger partial charge in [-0.1, -0.05) is 12.1 Å². The molecule has 4 nitrogen and oxygen atoms in total. The maximum absolute atomic E-state index is 12.9. The van der Waals surface area contributed by atoms with Gasteiger partial charge in [0.1, 0.15) is 11.7 Å². The minimum atomic E-state index is -0.830. The van der Waals surface area contributed by atoms with Crippen LogP contribution in [0.1, 0.15) is 5.56 Å². The highest BCUT2D eigenvalue weighted by Crippen LogP contribution is 2.27. The summed E-state index contributed by atoms with van der Waals surface area (Å²) in [6.45, 7) is 0.538. The highest BCUT2D eigenvalue weighted by Gasteiger charge is 2.36. The molecule has 86 valence electrons. The molecule has 3 rings (SSSR count). The Labute approximate surface area is 98.0 Å². The molecule has 0 saturated heterocycles. The smallest absolute Gasteiger partial charge is 0.154 e. The number of amidine groups is 1. The van der Waals surface area contributed by atoms with Crippen molar-refractivity contribution >= 4 is 12.1 Å². The average molecular weight is 230 g/mol. The van der Waals surface area contributed by atoms with E-state index < -0.39 is 5.66 Å². The molecule has 2 aliphatic heterocycles. The third-order valence-electron chi connectivity index (χ3n) is 2.89. The van der Waals surface area contributed by atoms with E-state index in [4.69, 9.17) is 5.73 Å². The maximum Gasteiger partial charge on any atom is 0.154 e. The van der Waals surface area contributed by atoms with Gasteiger partial charge in [0.15, 0.2) is 5.66 Å². The summed E-state index contributed by atoms with van der Waals surface area (Å²) in [5.41, 5.74) is 6.21. The number of benzene rings is 1. The molecule has 5 heteroatoms. The lowest BCUT2D eigenvalue weighted by Crippen LogP contribution is -2.39. The van der Waals surface area contributed by atoms with E-state index in [1.165, 1.54) is 12.1 Å². The van der Waals surface area contributed by atoms with Crippen LogP contribution in [0.4, 0.5) is 4.39 Å². The molecule has 1 aromatic rings. The number of halogens is 1. The predicted molar refractivity (Wildman–Crippen MR) is 64.0 cm³/mol. The molecule has 17 heavy (non-hydrogen) atoms. The SMILES string of the molecule is NC1(c2ccc(F)cc2)CN2C=CN=CC2=N1. The minimum Gasteiger partial charge on any atom is -0.326 e. The number of aliphatic imine (C=N–C) groups is 2. The summed E-state index contributed by atoms with van der Waals surface area (Å²) in [4.78, 5) is 10.4. The third-order valence-corrected chi connectivity index (χ3v) is 2.89. The molecule has 0 radical (unpaired) electrons. The Kier molecular flexibility index (Phi) is 2.09. The first-order valence-corrected chi connectivity index (χ1v) is 5.29. The second-order valence-electron chi connectivity index (χ2n) is 4.11. The third kappa shape index (κ3) is 1.64. The minimum absolute atomic E-state index is 0.276. The lowest BCUT2D eigenvalue weighted by molar-refractivity contribution is 0.413. The van der Waals surface area contributed by atoms with E-state index in [1.807, 2.05) is 11.1 Å². The van der Waals surface area contributed by atoms with Crippen molar-refractivity contribution in [3.8, 4) is 0 Å². The number of nitrogens with zero attached hydrogens (tertiary/aromatic N) is 3. The monoisotopic (exact) mass is 230 g/mol. The summed E-state index contributed by atoms with van der Waals surface area (Å²) in [5, 5.41) is 0. The average Bonchev–Trinajstić information content (AvgIpc) is 2.67. The Bertz CT molecular complexity index is 532. The zero-order valence-corrected chi connectivity index (χ0v) is 9.05. The predicted octanol–water partition coefficient (Wildman–Crippen LogP) is 1.21. The zero-order chi connectivity index (χ0) is 11.9. The second-order valence-corrected chi connectivity index (χ2v) is 4.11. The van der Waals surface area contributed by atoms with Gasteiger partial charge in [-0.05, 0) is 17.7 Å². The van der Waals surface area contributed by atoms with Crippen molar-refractivity contribution < 1.29 is 4.39 Å². The molecule has 0 fully saturated rings. The fraction of sp³-hybridized carbons (Fsp3) is 0.167. The summed E-state index contributed by atoms with van der Waals surface area (Å²) < 4.78 is 12.9. The van der Waals surface area contributed by atoms with Gasteiger partial charge in [-0.3, -0.25) is 4.99 Å². The molecule has 0 aromatic heterocycles. The normalized spacial score (nSPS) is 26.0. The number of hydrogen-bond acceptors (Lipinski definition) is 4. The molecule has 0 amide bonds. The molecule has 1 unspecified atom stereocenters. The van der Waals surface area contributed by atoms with Crippen LogP contribution in [0.2, 0.25) is 0 Å². The molecular formula is C12H11FN4. The van der Waals surface area contributed by atoms with Crippen LogP contribution in [0, 0.1) is 5.82 Å². The topological polar surface area (TPSA) is 54.0 Å². The number of fused-ring (bicyclic) bond motifs is 1. The van der Waals surface area contributed by atoms with Crippen LogP contribution < -0.4 is 5.73 Å². The van der Waals surface area contributed by atoms with Crippen LogP contribution >= 0.6 is 0 Å². The van der Waals surface area contributed by atoms with Gasteiger partial charge in [0.2, 0.25) is 0 Å². The molecule has 1 aromatic carbocycles. The van der Waals surface area contributed by atoms with E-state index in [9.17, 15) is 4.39 Å². The Morgan fingerprint density at radius 1 is 1.29 bits per heavy atom. The van der Waals surface area contributed by atoms with E-state index in [2.05, 4.69) is 9.98 Å².